The minimum absolute atomic E-state index is 0.0371. The van der Waals surface area contributed by atoms with Crippen LogP contribution in [0.5, 0.6) is 0 Å². The number of para-hydroxylation sites is 1. The van der Waals surface area contributed by atoms with Crippen LogP contribution in [0.1, 0.15) is 30.3 Å². The van der Waals surface area contributed by atoms with Crippen molar-refractivity contribution in [3.63, 3.8) is 0 Å². The summed E-state index contributed by atoms with van der Waals surface area (Å²) in [5.41, 5.74) is 10.3. The summed E-state index contributed by atoms with van der Waals surface area (Å²) in [5, 5.41) is 0.709. The largest absolute Gasteiger partial charge is 0.330 e. The molecule has 3 N–H and O–H groups in total. The molecule has 0 aliphatic heterocycles. The average Bonchev–Trinajstić information content (AvgIpc) is 2.90. The fraction of sp³-hybridized carbons (Fsp3) is 0.214. The second-order valence-corrected chi connectivity index (χ2v) is 11.1. The van der Waals surface area contributed by atoms with E-state index in [4.69, 9.17) is 28.7 Å². The Kier molecular flexibility index (Phi) is 8.49. The molecule has 4 rings (SSSR count). The van der Waals surface area contributed by atoms with Crippen LogP contribution in [-0.4, -0.2) is 35.5 Å². The average molecular weight is 550 g/mol. The number of rotatable bonds is 10. The SMILES string of the molecule is C#CC[C@H](c1nc2cc(Cl)ccc2c(=O)n1Nc1ccccc1)N(CCCN)S(=O)(=O)c1ccc(C)cc1. The van der Waals surface area contributed by atoms with E-state index in [1.54, 1.807) is 54.6 Å². The molecule has 0 radical (unpaired) electrons. The van der Waals surface area contributed by atoms with Crippen molar-refractivity contribution in [3.05, 3.63) is 99.6 Å². The lowest BCUT2D eigenvalue weighted by Gasteiger charge is -2.31. The molecule has 38 heavy (non-hydrogen) atoms. The van der Waals surface area contributed by atoms with E-state index >= 15 is 0 Å². The molecule has 8 nitrogen and oxygen atoms in total. The first-order valence-corrected chi connectivity index (χ1v) is 13.8. The van der Waals surface area contributed by atoms with E-state index in [0.29, 0.717) is 28.0 Å². The maximum absolute atomic E-state index is 14.0. The number of sulfonamides is 1. The van der Waals surface area contributed by atoms with Crippen LogP contribution in [-0.2, 0) is 10.0 Å². The zero-order chi connectivity index (χ0) is 27.3. The van der Waals surface area contributed by atoms with Gasteiger partial charge in [-0.2, -0.15) is 4.31 Å². The third-order valence-electron chi connectivity index (χ3n) is 6.04. The standard InChI is InChI=1S/C28H28ClN5O3S/c1-3-8-26(33(18-7-17-30)38(36,37)23-14-11-20(2)12-15-23)27-31-25-19-21(29)13-16-24(25)28(35)34(27)32-22-9-5-4-6-10-22/h1,4-6,9-16,19,26,32H,7-8,17-18,30H2,2H3/t26-/m1/s1. The molecule has 10 heteroatoms. The maximum Gasteiger partial charge on any atom is 0.280 e. The first kappa shape index (κ1) is 27.4. The number of hydrogen-bond acceptors (Lipinski definition) is 6. The van der Waals surface area contributed by atoms with Crippen molar-refractivity contribution in [1.82, 2.24) is 14.0 Å². The van der Waals surface area contributed by atoms with E-state index in [1.165, 1.54) is 8.98 Å². The molecule has 0 aliphatic rings. The number of benzene rings is 3. The molecule has 0 saturated heterocycles. The van der Waals surface area contributed by atoms with Gasteiger partial charge in [0.2, 0.25) is 10.0 Å². The van der Waals surface area contributed by atoms with Crippen molar-refractivity contribution in [2.45, 2.75) is 30.7 Å². The lowest BCUT2D eigenvalue weighted by molar-refractivity contribution is 0.308. The molecule has 0 spiro atoms. The Hall–Kier alpha value is -3.68. The number of terminal acetylenes is 1. The minimum atomic E-state index is -4.05. The van der Waals surface area contributed by atoms with Crippen molar-refractivity contribution < 1.29 is 8.42 Å². The number of nitrogens with zero attached hydrogens (tertiary/aromatic N) is 3. The molecule has 1 atom stereocenters. The van der Waals surface area contributed by atoms with Gasteiger partial charge in [0.05, 0.1) is 27.5 Å². The number of nitrogens with two attached hydrogens (primary N) is 1. The van der Waals surface area contributed by atoms with Gasteiger partial charge in [0, 0.05) is 18.0 Å². The summed E-state index contributed by atoms with van der Waals surface area (Å²) in [4.78, 5) is 18.6. The monoisotopic (exact) mass is 549 g/mol. The van der Waals surface area contributed by atoms with Gasteiger partial charge in [0.25, 0.3) is 5.56 Å². The van der Waals surface area contributed by atoms with Gasteiger partial charge in [-0.25, -0.2) is 18.1 Å². The number of aryl methyl sites for hydroxylation is 1. The summed E-state index contributed by atoms with van der Waals surface area (Å²) >= 11 is 6.21. The highest BCUT2D eigenvalue weighted by molar-refractivity contribution is 7.89. The van der Waals surface area contributed by atoms with Crippen molar-refractivity contribution >= 4 is 38.2 Å². The van der Waals surface area contributed by atoms with E-state index in [1.807, 2.05) is 25.1 Å². The van der Waals surface area contributed by atoms with Crippen LogP contribution < -0.4 is 16.7 Å². The van der Waals surface area contributed by atoms with Crippen LogP contribution in [0.25, 0.3) is 10.9 Å². The Bertz CT molecular complexity index is 1630. The summed E-state index contributed by atoms with van der Waals surface area (Å²) < 4.78 is 30.5. The highest BCUT2D eigenvalue weighted by atomic mass is 35.5. The quantitative estimate of drug-likeness (QED) is 0.285. The van der Waals surface area contributed by atoms with Crippen molar-refractivity contribution in [1.29, 1.82) is 0 Å². The van der Waals surface area contributed by atoms with Crippen LogP contribution in [0.15, 0.2) is 82.5 Å². The van der Waals surface area contributed by atoms with Crippen LogP contribution in [0.2, 0.25) is 5.02 Å². The van der Waals surface area contributed by atoms with E-state index in [9.17, 15) is 13.2 Å². The van der Waals surface area contributed by atoms with Gasteiger partial charge < -0.3 is 5.73 Å². The van der Waals surface area contributed by atoms with Crippen LogP contribution >= 0.6 is 11.6 Å². The number of aromatic nitrogens is 2. The molecule has 1 aromatic heterocycles. The first-order chi connectivity index (χ1) is 18.3. The molecule has 0 amide bonds. The highest BCUT2D eigenvalue weighted by Crippen LogP contribution is 2.31. The summed E-state index contributed by atoms with van der Waals surface area (Å²) in [7, 11) is -4.05. The van der Waals surface area contributed by atoms with Gasteiger partial charge >= 0.3 is 0 Å². The maximum atomic E-state index is 14.0. The normalized spacial score (nSPS) is 12.4. The zero-order valence-corrected chi connectivity index (χ0v) is 22.4. The van der Waals surface area contributed by atoms with E-state index in [2.05, 4.69) is 11.3 Å². The van der Waals surface area contributed by atoms with Crippen molar-refractivity contribution in [2.24, 2.45) is 5.73 Å². The molecule has 1 heterocycles. The highest BCUT2D eigenvalue weighted by Gasteiger charge is 2.35. The van der Waals surface area contributed by atoms with E-state index in [0.717, 1.165) is 5.56 Å². The smallest absolute Gasteiger partial charge is 0.280 e. The molecule has 0 saturated carbocycles. The fourth-order valence-electron chi connectivity index (χ4n) is 4.12. The fourth-order valence-corrected chi connectivity index (χ4v) is 5.91. The van der Waals surface area contributed by atoms with E-state index in [-0.39, 0.29) is 30.2 Å². The molecule has 3 aromatic carbocycles. The van der Waals surface area contributed by atoms with Gasteiger partial charge in [0.15, 0.2) is 5.82 Å². The third kappa shape index (κ3) is 5.74. The van der Waals surface area contributed by atoms with Gasteiger partial charge in [-0.05, 0) is 62.4 Å². The number of hydrogen-bond donors (Lipinski definition) is 2. The second-order valence-electron chi connectivity index (χ2n) is 8.74. The predicted molar refractivity (Wildman–Crippen MR) is 151 cm³/mol. The minimum Gasteiger partial charge on any atom is -0.330 e. The first-order valence-electron chi connectivity index (χ1n) is 12.0. The molecule has 0 aliphatic carbocycles. The van der Waals surface area contributed by atoms with Gasteiger partial charge in [-0.1, -0.05) is 47.5 Å². The van der Waals surface area contributed by atoms with Gasteiger partial charge in [-0.15, -0.1) is 12.3 Å². The molecule has 0 unspecified atom stereocenters. The number of anilines is 1. The second kappa shape index (κ2) is 11.8. The molecular formula is C28H28ClN5O3S. The van der Waals surface area contributed by atoms with Crippen molar-refractivity contribution in [3.8, 4) is 12.3 Å². The van der Waals surface area contributed by atoms with E-state index < -0.39 is 21.6 Å². The number of nitrogens with one attached hydrogen (secondary N) is 1. The number of fused-ring (bicyclic) bond motifs is 1. The lowest BCUT2D eigenvalue weighted by atomic mass is 10.1. The van der Waals surface area contributed by atoms with Gasteiger partial charge in [-0.3, -0.25) is 10.2 Å². The molecule has 0 bridgehead atoms. The Morgan fingerprint density at radius 1 is 1.13 bits per heavy atom. The number of halogens is 1. The van der Waals surface area contributed by atoms with Gasteiger partial charge in [0.1, 0.15) is 0 Å². The Morgan fingerprint density at radius 3 is 2.50 bits per heavy atom. The predicted octanol–water partition coefficient (Wildman–Crippen LogP) is 4.34. The third-order valence-corrected chi connectivity index (χ3v) is 8.20. The summed E-state index contributed by atoms with van der Waals surface area (Å²) in [6.07, 6.45) is 6.10. The Balaban J connectivity index is 1.97. The van der Waals surface area contributed by atoms with Crippen LogP contribution in [0, 0.1) is 19.3 Å². The van der Waals surface area contributed by atoms with Crippen LogP contribution in [0.3, 0.4) is 0 Å². The molecule has 0 fully saturated rings. The lowest BCUT2D eigenvalue weighted by Crippen LogP contribution is -2.41. The van der Waals surface area contributed by atoms with Crippen LogP contribution in [0.4, 0.5) is 5.69 Å². The summed E-state index contributed by atoms with van der Waals surface area (Å²) in [5.74, 6) is 2.72. The topological polar surface area (TPSA) is 110 Å². The Morgan fingerprint density at radius 2 is 1.84 bits per heavy atom. The molecular weight excluding hydrogens is 522 g/mol. The molecule has 196 valence electrons. The molecule has 4 aromatic rings. The summed E-state index contributed by atoms with van der Waals surface area (Å²) in [6.45, 7) is 2.22. The zero-order valence-electron chi connectivity index (χ0n) is 20.8. The summed E-state index contributed by atoms with van der Waals surface area (Å²) in [6, 6.07) is 19.4. The van der Waals surface area contributed by atoms with Crippen molar-refractivity contribution in [2.75, 3.05) is 18.5 Å². The Labute approximate surface area is 227 Å².